The fourth-order valence-corrected chi connectivity index (χ4v) is 2.33. The molecule has 0 aliphatic carbocycles. The molecule has 80 valence electrons. The van der Waals surface area contributed by atoms with Gasteiger partial charge in [0.15, 0.2) is 0 Å². The summed E-state index contributed by atoms with van der Waals surface area (Å²) in [5.41, 5.74) is 0. The smallest absolute Gasteiger partial charge is 0.238 e. The van der Waals surface area contributed by atoms with Gasteiger partial charge in [-0.25, -0.2) is 0 Å². The molecule has 0 bridgehead atoms. The molecule has 0 aromatic rings. The second kappa shape index (κ2) is 4.28. The van der Waals surface area contributed by atoms with Crippen molar-refractivity contribution < 1.29 is 9.53 Å². The quantitative estimate of drug-likeness (QED) is 0.695. The average molecular weight is 198 g/mol. The van der Waals surface area contributed by atoms with Crippen LogP contribution in [-0.2, 0) is 9.53 Å². The number of nitrogens with zero attached hydrogens (tertiary/aromatic N) is 1. The molecular formula is C10H18N2O2. The van der Waals surface area contributed by atoms with Gasteiger partial charge in [-0.2, -0.15) is 0 Å². The van der Waals surface area contributed by atoms with Crippen LogP contribution in [0.4, 0.5) is 0 Å². The van der Waals surface area contributed by atoms with Crippen molar-refractivity contribution in [3.8, 4) is 0 Å². The number of ether oxygens (including phenoxy) is 1. The summed E-state index contributed by atoms with van der Waals surface area (Å²) >= 11 is 0. The van der Waals surface area contributed by atoms with Crippen LogP contribution in [0.5, 0.6) is 0 Å². The van der Waals surface area contributed by atoms with Gasteiger partial charge in [0.2, 0.25) is 5.91 Å². The number of rotatable bonds is 2. The van der Waals surface area contributed by atoms with E-state index in [1.807, 2.05) is 4.90 Å². The van der Waals surface area contributed by atoms with E-state index in [1.165, 1.54) is 0 Å². The standard InChI is InChI=1S/C10H18N2O2/c1-2-9-11-7-10(13)12(9)8-3-5-14-6-4-8/h8-9,11H,2-7H2,1H3. The first-order chi connectivity index (χ1) is 6.83. The van der Waals surface area contributed by atoms with Crippen LogP contribution in [0, 0.1) is 0 Å². The second-order valence-electron chi connectivity index (χ2n) is 3.95. The van der Waals surface area contributed by atoms with E-state index in [4.69, 9.17) is 4.74 Å². The minimum atomic E-state index is 0.253. The van der Waals surface area contributed by atoms with Crippen molar-refractivity contribution in [3.05, 3.63) is 0 Å². The molecule has 14 heavy (non-hydrogen) atoms. The topological polar surface area (TPSA) is 41.6 Å². The number of hydrogen-bond acceptors (Lipinski definition) is 3. The molecule has 2 aliphatic rings. The van der Waals surface area contributed by atoms with E-state index >= 15 is 0 Å². The highest BCUT2D eigenvalue weighted by Gasteiger charge is 2.35. The van der Waals surface area contributed by atoms with Crippen LogP contribution in [0.15, 0.2) is 0 Å². The van der Waals surface area contributed by atoms with Crippen molar-refractivity contribution in [2.75, 3.05) is 19.8 Å². The Kier molecular flexibility index (Phi) is 3.03. The van der Waals surface area contributed by atoms with E-state index in [2.05, 4.69) is 12.2 Å². The van der Waals surface area contributed by atoms with Crippen LogP contribution in [0.3, 0.4) is 0 Å². The molecule has 0 radical (unpaired) electrons. The number of carbonyl (C=O) groups is 1. The fraction of sp³-hybridized carbons (Fsp3) is 0.900. The molecule has 1 N–H and O–H groups in total. The Morgan fingerprint density at radius 2 is 2.21 bits per heavy atom. The van der Waals surface area contributed by atoms with Gasteiger partial charge in [0.1, 0.15) is 0 Å². The molecule has 0 saturated carbocycles. The maximum absolute atomic E-state index is 11.7. The van der Waals surface area contributed by atoms with E-state index < -0.39 is 0 Å². The highest BCUT2D eigenvalue weighted by atomic mass is 16.5. The van der Waals surface area contributed by atoms with Crippen LogP contribution >= 0.6 is 0 Å². The molecular weight excluding hydrogens is 180 g/mol. The van der Waals surface area contributed by atoms with E-state index in [-0.39, 0.29) is 12.1 Å². The molecule has 2 fully saturated rings. The molecule has 1 amide bonds. The van der Waals surface area contributed by atoms with Crippen molar-refractivity contribution in [1.82, 2.24) is 10.2 Å². The molecule has 0 spiro atoms. The predicted molar refractivity (Wildman–Crippen MR) is 52.8 cm³/mol. The Morgan fingerprint density at radius 3 is 2.86 bits per heavy atom. The Balaban J connectivity index is 2.01. The number of hydrogen-bond donors (Lipinski definition) is 1. The monoisotopic (exact) mass is 198 g/mol. The lowest BCUT2D eigenvalue weighted by molar-refractivity contribution is -0.132. The van der Waals surface area contributed by atoms with Gasteiger partial charge in [0.25, 0.3) is 0 Å². The Morgan fingerprint density at radius 1 is 1.50 bits per heavy atom. The van der Waals surface area contributed by atoms with Crippen molar-refractivity contribution in [1.29, 1.82) is 0 Å². The summed E-state index contributed by atoms with van der Waals surface area (Å²) in [6.07, 6.45) is 3.22. The zero-order chi connectivity index (χ0) is 9.97. The third-order valence-corrected chi connectivity index (χ3v) is 3.08. The summed E-state index contributed by atoms with van der Waals surface area (Å²) in [5, 5.41) is 3.24. The summed E-state index contributed by atoms with van der Waals surface area (Å²) in [6, 6.07) is 0.399. The van der Waals surface area contributed by atoms with Crippen LogP contribution < -0.4 is 5.32 Å². The number of nitrogens with one attached hydrogen (secondary N) is 1. The largest absolute Gasteiger partial charge is 0.381 e. The van der Waals surface area contributed by atoms with Crippen LogP contribution in [0.2, 0.25) is 0 Å². The zero-order valence-electron chi connectivity index (χ0n) is 8.66. The number of amides is 1. The van der Waals surface area contributed by atoms with Crippen LogP contribution in [0.1, 0.15) is 26.2 Å². The summed E-state index contributed by atoms with van der Waals surface area (Å²) in [6.45, 7) is 4.22. The lowest BCUT2D eigenvalue weighted by Crippen LogP contribution is -2.46. The average Bonchev–Trinajstić information content (AvgIpc) is 2.61. The zero-order valence-corrected chi connectivity index (χ0v) is 8.66. The lowest BCUT2D eigenvalue weighted by atomic mass is 10.1. The molecule has 2 saturated heterocycles. The van der Waals surface area contributed by atoms with Gasteiger partial charge < -0.3 is 9.64 Å². The second-order valence-corrected chi connectivity index (χ2v) is 3.95. The van der Waals surface area contributed by atoms with Gasteiger partial charge in [0, 0.05) is 19.3 Å². The first-order valence-corrected chi connectivity index (χ1v) is 5.45. The maximum atomic E-state index is 11.7. The van der Waals surface area contributed by atoms with E-state index in [0.29, 0.717) is 12.6 Å². The van der Waals surface area contributed by atoms with Crippen LogP contribution in [0.25, 0.3) is 0 Å². The first kappa shape index (κ1) is 9.93. The molecule has 4 nitrogen and oxygen atoms in total. The Bertz CT molecular complexity index is 214. The van der Waals surface area contributed by atoms with Crippen molar-refractivity contribution in [3.63, 3.8) is 0 Å². The van der Waals surface area contributed by atoms with Gasteiger partial charge in [-0.05, 0) is 19.3 Å². The van der Waals surface area contributed by atoms with Gasteiger partial charge in [0.05, 0.1) is 12.7 Å². The predicted octanol–water partition coefficient (Wildman–Crippen LogP) is 0.333. The molecule has 1 atom stereocenters. The van der Waals surface area contributed by atoms with Crippen molar-refractivity contribution in [2.45, 2.75) is 38.4 Å². The van der Waals surface area contributed by atoms with Gasteiger partial charge in [-0.15, -0.1) is 0 Å². The van der Waals surface area contributed by atoms with E-state index in [9.17, 15) is 4.79 Å². The Hall–Kier alpha value is -0.610. The lowest BCUT2D eigenvalue weighted by Gasteiger charge is -2.34. The van der Waals surface area contributed by atoms with Gasteiger partial charge >= 0.3 is 0 Å². The minimum absolute atomic E-state index is 0.253. The molecule has 4 heteroatoms. The third kappa shape index (κ3) is 1.77. The number of carbonyl (C=O) groups excluding carboxylic acids is 1. The highest BCUT2D eigenvalue weighted by molar-refractivity contribution is 5.81. The van der Waals surface area contributed by atoms with Crippen molar-refractivity contribution in [2.24, 2.45) is 0 Å². The van der Waals surface area contributed by atoms with Crippen LogP contribution in [-0.4, -0.2) is 42.8 Å². The highest BCUT2D eigenvalue weighted by Crippen LogP contribution is 2.20. The normalized spacial score (nSPS) is 29.9. The fourth-order valence-electron chi connectivity index (χ4n) is 2.33. The maximum Gasteiger partial charge on any atom is 0.238 e. The summed E-state index contributed by atoms with van der Waals surface area (Å²) in [7, 11) is 0. The first-order valence-electron chi connectivity index (χ1n) is 5.45. The summed E-state index contributed by atoms with van der Waals surface area (Å²) in [4.78, 5) is 13.7. The minimum Gasteiger partial charge on any atom is -0.381 e. The molecule has 0 aromatic carbocycles. The third-order valence-electron chi connectivity index (χ3n) is 3.08. The van der Waals surface area contributed by atoms with E-state index in [0.717, 1.165) is 32.5 Å². The molecule has 2 aliphatic heterocycles. The molecule has 0 aromatic heterocycles. The van der Waals surface area contributed by atoms with Gasteiger partial charge in [-0.1, -0.05) is 6.92 Å². The Labute approximate surface area is 84.6 Å². The van der Waals surface area contributed by atoms with Crippen molar-refractivity contribution >= 4 is 5.91 Å². The summed E-state index contributed by atoms with van der Waals surface area (Å²) in [5.74, 6) is 0.253. The summed E-state index contributed by atoms with van der Waals surface area (Å²) < 4.78 is 5.31. The molecule has 2 heterocycles. The SMILES string of the molecule is CCC1NCC(=O)N1C1CCOCC1. The van der Waals surface area contributed by atoms with Gasteiger partial charge in [-0.3, -0.25) is 10.1 Å². The van der Waals surface area contributed by atoms with E-state index in [1.54, 1.807) is 0 Å². The molecule has 2 rings (SSSR count). The molecule has 1 unspecified atom stereocenters.